The van der Waals surface area contributed by atoms with Crippen LogP contribution in [-0.2, 0) is 22.6 Å². The quantitative estimate of drug-likeness (QED) is 0.588. The summed E-state index contributed by atoms with van der Waals surface area (Å²) in [6.45, 7) is 8.58. The molecule has 178 valence electrons. The van der Waals surface area contributed by atoms with Crippen LogP contribution in [0.3, 0.4) is 0 Å². The van der Waals surface area contributed by atoms with Gasteiger partial charge < -0.3 is 19.7 Å². The Hall–Kier alpha value is -2.44. The van der Waals surface area contributed by atoms with Crippen molar-refractivity contribution in [3.8, 4) is 11.5 Å². The molecule has 2 amide bonds. The van der Waals surface area contributed by atoms with Gasteiger partial charge in [-0.1, -0.05) is 35.3 Å². The van der Waals surface area contributed by atoms with Crippen molar-refractivity contribution in [3.63, 3.8) is 0 Å². The van der Waals surface area contributed by atoms with Crippen molar-refractivity contribution in [2.75, 3.05) is 13.2 Å². The number of carbonyl (C=O) groups is 2. The number of nitrogens with zero attached hydrogens (tertiary/aromatic N) is 1. The normalized spacial score (nSPS) is 13.9. The molecule has 0 saturated heterocycles. The highest BCUT2D eigenvalue weighted by molar-refractivity contribution is 6.36. The van der Waals surface area contributed by atoms with Crippen molar-refractivity contribution in [1.82, 2.24) is 10.2 Å². The van der Waals surface area contributed by atoms with Crippen molar-refractivity contribution >= 4 is 35.0 Å². The first-order chi connectivity index (χ1) is 15.5. The highest BCUT2D eigenvalue weighted by Crippen LogP contribution is 2.31. The second-order valence-corrected chi connectivity index (χ2v) is 9.93. The number of aryl methyl sites for hydroxylation is 1. The molecule has 0 radical (unpaired) electrons. The fourth-order valence-corrected chi connectivity index (χ4v) is 4.07. The number of halogens is 2. The van der Waals surface area contributed by atoms with Crippen LogP contribution in [0, 0.1) is 0 Å². The maximum atomic E-state index is 13.3. The third kappa shape index (κ3) is 6.78. The van der Waals surface area contributed by atoms with Gasteiger partial charge in [-0.25, -0.2) is 0 Å². The van der Waals surface area contributed by atoms with Crippen LogP contribution < -0.4 is 14.8 Å². The number of ether oxygens (including phenoxy) is 2. The summed E-state index contributed by atoms with van der Waals surface area (Å²) in [6.07, 6.45) is 0.713. The van der Waals surface area contributed by atoms with Crippen molar-refractivity contribution in [3.05, 3.63) is 57.6 Å². The van der Waals surface area contributed by atoms with E-state index in [0.29, 0.717) is 46.7 Å². The van der Waals surface area contributed by atoms with Crippen LogP contribution in [0.5, 0.6) is 11.5 Å². The number of benzene rings is 2. The minimum atomic E-state index is -0.704. The van der Waals surface area contributed by atoms with E-state index in [9.17, 15) is 9.59 Å². The highest BCUT2D eigenvalue weighted by atomic mass is 35.5. The van der Waals surface area contributed by atoms with Crippen LogP contribution >= 0.6 is 23.2 Å². The molecule has 0 fully saturated rings. The molecule has 0 aliphatic carbocycles. The summed E-state index contributed by atoms with van der Waals surface area (Å²) < 4.78 is 11.2. The minimum Gasteiger partial charge on any atom is -0.486 e. The maximum Gasteiger partial charge on any atom is 0.242 e. The molecule has 1 aliphatic heterocycles. The molecule has 33 heavy (non-hydrogen) atoms. The van der Waals surface area contributed by atoms with Crippen LogP contribution in [-0.4, -0.2) is 41.5 Å². The molecule has 0 unspecified atom stereocenters. The molecule has 0 saturated carbocycles. The Morgan fingerprint density at radius 2 is 1.70 bits per heavy atom. The Morgan fingerprint density at radius 3 is 2.33 bits per heavy atom. The summed E-state index contributed by atoms with van der Waals surface area (Å²) in [4.78, 5) is 27.8. The fourth-order valence-electron chi connectivity index (χ4n) is 3.55. The number of rotatable bonds is 7. The molecule has 0 spiro atoms. The average Bonchev–Trinajstić information content (AvgIpc) is 2.75. The van der Waals surface area contributed by atoms with E-state index in [0.717, 1.165) is 5.56 Å². The SMILES string of the molecule is C[C@@H](C(=O)NC(C)(C)C)N(Cc1c(Cl)cccc1Cl)C(=O)CCc1ccc2c(c1)OCCO2. The number of nitrogens with one attached hydrogen (secondary N) is 1. The Kier molecular flexibility index (Phi) is 8.14. The molecule has 2 aromatic rings. The van der Waals surface area contributed by atoms with Gasteiger partial charge in [0.25, 0.3) is 0 Å². The Balaban J connectivity index is 1.78. The van der Waals surface area contributed by atoms with E-state index in [-0.39, 0.29) is 24.8 Å². The number of amides is 2. The molecule has 0 aromatic heterocycles. The van der Waals surface area contributed by atoms with Crippen molar-refractivity contribution < 1.29 is 19.1 Å². The van der Waals surface area contributed by atoms with Gasteiger partial charge in [0.15, 0.2) is 11.5 Å². The fraction of sp³-hybridized carbons (Fsp3) is 0.440. The van der Waals surface area contributed by atoms with Crippen molar-refractivity contribution in [1.29, 1.82) is 0 Å². The Labute approximate surface area is 205 Å². The van der Waals surface area contributed by atoms with Crippen molar-refractivity contribution in [2.24, 2.45) is 0 Å². The monoisotopic (exact) mass is 492 g/mol. The zero-order valence-electron chi connectivity index (χ0n) is 19.4. The lowest BCUT2D eigenvalue weighted by Gasteiger charge is -2.32. The van der Waals surface area contributed by atoms with E-state index in [1.54, 1.807) is 25.1 Å². The van der Waals surface area contributed by atoms with E-state index >= 15 is 0 Å². The Morgan fingerprint density at radius 1 is 1.06 bits per heavy atom. The third-order valence-corrected chi connectivity index (χ3v) is 6.00. The van der Waals surface area contributed by atoms with Crippen LogP contribution in [0.4, 0.5) is 0 Å². The lowest BCUT2D eigenvalue weighted by Crippen LogP contribution is -2.52. The summed E-state index contributed by atoms with van der Waals surface area (Å²) in [5.74, 6) is 0.985. The Bertz CT molecular complexity index is 1000. The number of hydrogen-bond donors (Lipinski definition) is 1. The van der Waals surface area contributed by atoms with Gasteiger partial charge in [-0.3, -0.25) is 9.59 Å². The van der Waals surface area contributed by atoms with E-state index in [1.807, 2.05) is 39.0 Å². The molecule has 0 bridgehead atoms. The minimum absolute atomic E-state index is 0.136. The highest BCUT2D eigenvalue weighted by Gasteiger charge is 2.29. The van der Waals surface area contributed by atoms with Crippen LogP contribution in [0.15, 0.2) is 36.4 Å². The lowest BCUT2D eigenvalue weighted by atomic mass is 10.1. The summed E-state index contributed by atoms with van der Waals surface area (Å²) in [5, 5.41) is 3.86. The lowest BCUT2D eigenvalue weighted by molar-refractivity contribution is -0.141. The first-order valence-electron chi connectivity index (χ1n) is 11.0. The van der Waals surface area contributed by atoms with Gasteiger partial charge in [0.2, 0.25) is 11.8 Å². The standard InChI is InChI=1S/C25H30Cl2N2O4/c1-16(24(31)28-25(2,3)4)29(15-18-19(26)6-5-7-20(18)27)23(30)11-9-17-8-10-21-22(14-17)33-13-12-32-21/h5-8,10,14,16H,9,11-13,15H2,1-4H3,(H,28,31)/t16-/m0/s1. The third-order valence-electron chi connectivity index (χ3n) is 5.29. The molecule has 3 rings (SSSR count). The molecular weight excluding hydrogens is 463 g/mol. The predicted molar refractivity (Wildman–Crippen MR) is 130 cm³/mol. The van der Waals surface area contributed by atoms with Gasteiger partial charge in [-0.05, 0) is 63.9 Å². The van der Waals surface area contributed by atoms with Crippen molar-refractivity contribution in [2.45, 2.75) is 58.7 Å². The molecule has 2 aromatic carbocycles. The number of fused-ring (bicyclic) bond motifs is 1. The summed E-state index contributed by atoms with van der Waals surface area (Å²) in [6, 6.07) is 10.2. The summed E-state index contributed by atoms with van der Waals surface area (Å²) >= 11 is 12.7. The zero-order chi connectivity index (χ0) is 24.2. The molecule has 1 atom stereocenters. The average molecular weight is 493 g/mol. The van der Waals surface area contributed by atoms with E-state index < -0.39 is 11.6 Å². The van der Waals surface area contributed by atoms with E-state index in [1.165, 1.54) is 4.90 Å². The molecule has 1 aliphatic rings. The molecule has 8 heteroatoms. The largest absolute Gasteiger partial charge is 0.486 e. The number of carbonyl (C=O) groups excluding carboxylic acids is 2. The van der Waals surface area contributed by atoms with E-state index in [2.05, 4.69) is 5.32 Å². The molecule has 6 nitrogen and oxygen atoms in total. The second kappa shape index (κ2) is 10.7. The number of hydrogen-bond acceptors (Lipinski definition) is 4. The van der Waals surface area contributed by atoms with Gasteiger partial charge in [0.05, 0.1) is 0 Å². The van der Waals surface area contributed by atoms with Crippen LogP contribution in [0.1, 0.15) is 45.2 Å². The molecule has 1 N–H and O–H groups in total. The van der Waals surface area contributed by atoms with Crippen LogP contribution in [0.2, 0.25) is 10.0 Å². The summed E-state index contributed by atoms with van der Waals surface area (Å²) in [7, 11) is 0. The summed E-state index contributed by atoms with van der Waals surface area (Å²) in [5.41, 5.74) is 1.15. The van der Waals surface area contributed by atoms with Gasteiger partial charge in [-0.15, -0.1) is 0 Å². The topological polar surface area (TPSA) is 67.9 Å². The van der Waals surface area contributed by atoms with Gasteiger partial charge in [0, 0.05) is 34.1 Å². The molecule has 1 heterocycles. The first kappa shape index (κ1) is 25.2. The first-order valence-corrected chi connectivity index (χ1v) is 11.7. The van der Waals surface area contributed by atoms with Gasteiger partial charge in [0.1, 0.15) is 19.3 Å². The smallest absolute Gasteiger partial charge is 0.242 e. The van der Waals surface area contributed by atoms with E-state index in [4.69, 9.17) is 32.7 Å². The zero-order valence-corrected chi connectivity index (χ0v) is 20.9. The second-order valence-electron chi connectivity index (χ2n) is 9.12. The maximum absolute atomic E-state index is 13.3. The van der Waals surface area contributed by atoms with Gasteiger partial charge in [-0.2, -0.15) is 0 Å². The predicted octanol–water partition coefficient (Wildman–Crippen LogP) is 5.03. The van der Waals surface area contributed by atoms with Crippen LogP contribution in [0.25, 0.3) is 0 Å². The van der Waals surface area contributed by atoms with Gasteiger partial charge >= 0.3 is 0 Å². The molecular formula is C25H30Cl2N2O4.